The number of carbonyl (C=O) groups excluding carboxylic acids is 3. The van der Waals surface area contributed by atoms with Crippen molar-refractivity contribution in [3.05, 3.63) is 35.4 Å². The van der Waals surface area contributed by atoms with Crippen LogP contribution in [0.1, 0.15) is 30.5 Å². The number of nitrogens with zero attached hydrogens (tertiary/aromatic N) is 2. The van der Waals surface area contributed by atoms with Gasteiger partial charge in [-0.25, -0.2) is 0 Å². The fourth-order valence-electron chi connectivity index (χ4n) is 3.77. The van der Waals surface area contributed by atoms with Crippen LogP contribution in [0.3, 0.4) is 0 Å². The van der Waals surface area contributed by atoms with Gasteiger partial charge in [-0.2, -0.15) is 5.26 Å². The highest BCUT2D eigenvalue weighted by atomic mass is 16.5. The summed E-state index contributed by atoms with van der Waals surface area (Å²) >= 11 is 0. The number of hydrogen-bond acceptors (Lipinski definition) is 6. The molecular weight excluding hydrogens is 322 g/mol. The lowest BCUT2D eigenvalue weighted by Crippen LogP contribution is -2.43. The zero-order valence-corrected chi connectivity index (χ0v) is 14.1. The van der Waals surface area contributed by atoms with Crippen molar-refractivity contribution in [1.29, 1.82) is 5.26 Å². The molecule has 2 heterocycles. The molecule has 0 aliphatic carbocycles. The second kappa shape index (κ2) is 6.65. The van der Waals surface area contributed by atoms with Gasteiger partial charge in [0.05, 0.1) is 30.6 Å². The molecule has 0 saturated carbocycles. The van der Waals surface area contributed by atoms with Gasteiger partial charge in [-0.1, -0.05) is 19.1 Å². The fraction of sp³-hybridized carbons (Fsp3) is 0.444. The molecule has 25 heavy (non-hydrogen) atoms. The van der Waals surface area contributed by atoms with Crippen molar-refractivity contribution in [3.63, 3.8) is 0 Å². The Hall–Kier alpha value is -2.72. The zero-order valence-electron chi connectivity index (χ0n) is 14.1. The van der Waals surface area contributed by atoms with Gasteiger partial charge in [0.25, 0.3) is 0 Å². The molecule has 2 aliphatic rings. The molecule has 0 bridgehead atoms. The maximum Gasteiger partial charge on any atom is 0.323 e. The minimum atomic E-state index is -0.871. The molecule has 0 unspecified atom stereocenters. The molecule has 2 amide bonds. The van der Waals surface area contributed by atoms with E-state index in [1.54, 1.807) is 24.3 Å². The summed E-state index contributed by atoms with van der Waals surface area (Å²) in [4.78, 5) is 39.0. The molecule has 1 aromatic rings. The Morgan fingerprint density at radius 3 is 2.68 bits per heavy atom. The third-order valence-corrected chi connectivity index (χ3v) is 4.84. The first-order valence-electron chi connectivity index (χ1n) is 8.22. The third kappa shape index (κ3) is 2.68. The van der Waals surface area contributed by atoms with Crippen LogP contribution in [-0.2, 0) is 19.1 Å². The highest BCUT2D eigenvalue weighted by Gasteiger charge is 2.60. The van der Waals surface area contributed by atoms with Crippen LogP contribution in [-0.4, -0.2) is 42.4 Å². The van der Waals surface area contributed by atoms with Crippen LogP contribution in [0.4, 0.5) is 0 Å². The van der Waals surface area contributed by atoms with E-state index in [9.17, 15) is 14.4 Å². The van der Waals surface area contributed by atoms with Gasteiger partial charge >= 0.3 is 5.97 Å². The Morgan fingerprint density at radius 2 is 2.04 bits per heavy atom. The van der Waals surface area contributed by atoms with E-state index in [4.69, 9.17) is 10.00 Å². The lowest BCUT2D eigenvalue weighted by Gasteiger charge is -2.21. The summed E-state index contributed by atoms with van der Waals surface area (Å²) in [5.41, 5.74) is 1.17. The highest BCUT2D eigenvalue weighted by molar-refractivity contribution is 6.08. The van der Waals surface area contributed by atoms with Crippen LogP contribution in [0.5, 0.6) is 0 Å². The summed E-state index contributed by atoms with van der Waals surface area (Å²) in [6, 6.07) is 7.53. The summed E-state index contributed by atoms with van der Waals surface area (Å²) < 4.78 is 4.81. The first-order valence-corrected chi connectivity index (χ1v) is 8.22. The molecule has 2 aliphatic heterocycles. The van der Waals surface area contributed by atoms with E-state index in [1.807, 2.05) is 6.92 Å². The number of imide groups is 1. The number of likely N-dealkylation sites (tertiary alicyclic amines) is 1. The molecule has 2 saturated heterocycles. The number of benzene rings is 1. The van der Waals surface area contributed by atoms with E-state index in [0.717, 1.165) is 0 Å². The van der Waals surface area contributed by atoms with Crippen molar-refractivity contribution in [2.75, 3.05) is 13.7 Å². The van der Waals surface area contributed by atoms with Crippen molar-refractivity contribution >= 4 is 17.8 Å². The second-order valence-electron chi connectivity index (χ2n) is 6.26. The summed E-state index contributed by atoms with van der Waals surface area (Å²) in [6.07, 6.45) is 0.655. The van der Waals surface area contributed by atoms with Gasteiger partial charge in [0, 0.05) is 12.6 Å². The van der Waals surface area contributed by atoms with Gasteiger partial charge in [-0.15, -0.1) is 0 Å². The van der Waals surface area contributed by atoms with Crippen molar-refractivity contribution in [2.45, 2.75) is 25.4 Å². The number of methoxy groups -OCH3 is 1. The first-order chi connectivity index (χ1) is 12.0. The number of esters is 1. The quantitative estimate of drug-likeness (QED) is 0.641. The lowest BCUT2D eigenvalue weighted by atomic mass is 9.86. The molecule has 1 aromatic carbocycles. The predicted molar refractivity (Wildman–Crippen MR) is 86.8 cm³/mol. The molecule has 2 fully saturated rings. The third-order valence-electron chi connectivity index (χ3n) is 4.84. The van der Waals surface area contributed by atoms with E-state index >= 15 is 0 Å². The zero-order chi connectivity index (χ0) is 18.1. The SMILES string of the molecule is CCCN1C(=O)[C@@H]2[C@H](C1=O)[C@H](c1cccc(C#N)c1)N[C@@H]2C(=O)OC. The maximum absolute atomic E-state index is 12.8. The second-order valence-corrected chi connectivity index (χ2v) is 6.26. The number of ether oxygens (including phenoxy) is 1. The van der Waals surface area contributed by atoms with Gasteiger partial charge in [-0.05, 0) is 24.1 Å². The van der Waals surface area contributed by atoms with E-state index < -0.39 is 29.9 Å². The van der Waals surface area contributed by atoms with Crippen molar-refractivity contribution in [3.8, 4) is 6.07 Å². The number of carbonyl (C=O) groups is 3. The summed E-state index contributed by atoms with van der Waals surface area (Å²) in [5, 5.41) is 12.2. The monoisotopic (exact) mass is 341 g/mol. The highest BCUT2D eigenvalue weighted by Crippen LogP contribution is 2.44. The standard InChI is InChI=1S/C18H19N3O4/c1-3-7-21-16(22)12-13(17(21)23)15(18(24)25-2)20-14(12)11-6-4-5-10(8-11)9-19/h4-6,8,12-15,20H,3,7H2,1-2H3/t12-,13+,14-,15-/m0/s1. The summed E-state index contributed by atoms with van der Waals surface area (Å²) in [6.45, 7) is 2.22. The van der Waals surface area contributed by atoms with E-state index in [2.05, 4.69) is 11.4 Å². The molecule has 1 N–H and O–H groups in total. The Kier molecular flexibility index (Phi) is 4.55. The topological polar surface area (TPSA) is 99.5 Å². The van der Waals surface area contributed by atoms with Crippen LogP contribution >= 0.6 is 0 Å². The minimum absolute atomic E-state index is 0.275. The summed E-state index contributed by atoms with van der Waals surface area (Å²) in [7, 11) is 1.26. The average molecular weight is 341 g/mol. The van der Waals surface area contributed by atoms with Crippen LogP contribution < -0.4 is 5.32 Å². The van der Waals surface area contributed by atoms with Crippen molar-refractivity contribution in [1.82, 2.24) is 10.2 Å². The lowest BCUT2D eigenvalue weighted by molar-refractivity contribution is -0.148. The molecular formula is C18H19N3O4. The predicted octanol–water partition coefficient (Wildman–Crippen LogP) is 0.755. The maximum atomic E-state index is 12.8. The van der Waals surface area contributed by atoms with E-state index in [0.29, 0.717) is 24.1 Å². The van der Waals surface area contributed by atoms with Gasteiger partial charge in [0.2, 0.25) is 11.8 Å². The smallest absolute Gasteiger partial charge is 0.323 e. The number of hydrogen-bond donors (Lipinski definition) is 1. The molecule has 130 valence electrons. The Morgan fingerprint density at radius 1 is 1.32 bits per heavy atom. The van der Waals surface area contributed by atoms with Gasteiger partial charge in [0.15, 0.2) is 0 Å². The van der Waals surface area contributed by atoms with E-state index in [1.165, 1.54) is 12.0 Å². The average Bonchev–Trinajstić information content (AvgIpc) is 3.14. The van der Waals surface area contributed by atoms with Gasteiger partial charge in [0.1, 0.15) is 6.04 Å². The molecule has 7 heteroatoms. The van der Waals surface area contributed by atoms with Crippen LogP contribution in [0.15, 0.2) is 24.3 Å². The Balaban J connectivity index is 2.03. The fourth-order valence-corrected chi connectivity index (χ4v) is 3.77. The van der Waals surface area contributed by atoms with Crippen LogP contribution in [0, 0.1) is 23.2 Å². The number of amides is 2. The molecule has 0 aromatic heterocycles. The Labute approximate surface area is 145 Å². The molecule has 7 nitrogen and oxygen atoms in total. The molecule has 0 spiro atoms. The molecule has 0 radical (unpaired) electrons. The van der Waals surface area contributed by atoms with Crippen LogP contribution in [0.25, 0.3) is 0 Å². The normalized spacial score (nSPS) is 28.0. The number of fused-ring (bicyclic) bond motifs is 1. The van der Waals surface area contributed by atoms with Crippen molar-refractivity contribution < 1.29 is 19.1 Å². The summed E-state index contributed by atoms with van der Waals surface area (Å²) in [5.74, 6) is -2.62. The largest absolute Gasteiger partial charge is 0.468 e. The van der Waals surface area contributed by atoms with Crippen molar-refractivity contribution in [2.24, 2.45) is 11.8 Å². The van der Waals surface area contributed by atoms with Crippen LogP contribution in [0.2, 0.25) is 0 Å². The number of nitriles is 1. The Bertz CT molecular complexity index is 770. The van der Waals surface area contributed by atoms with Gasteiger partial charge < -0.3 is 4.74 Å². The van der Waals surface area contributed by atoms with E-state index in [-0.39, 0.29) is 11.8 Å². The number of nitrogens with one attached hydrogen (secondary N) is 1. The van der Waals surface area contributed by atoms with Gasteiger partial charge in [-0.3, -0.25) is 24.6 Å². The number of rotatable bonds is 4. The molecule has 3 rings (SSSR count). The minimum Gasteiger partial charge on any atom is -0.468 e. The molecule has 4 atom stereocenters. The first kappa shape index (κ1) is 17.1.